The quantitative estimate of drug-likeness (QED) is 0.891. The van der Waals surface area contributed by atoms with Gasteiger partial charge in [0.25, 0.3) is 0 Å². The van der Waals surface area contributed by atoms with E-state index in [2.05, 4.69) is 38.1 Å². The lowest BCUT2D eigenvalue weighted by Gasteiger charge is -2.34. The third kappa shape index (κ3) is 2.94. The van der Waals surface area contributed by atoms with Gasteiger partial charge in [-0.2, -0.15) is 5.10 Å². The standard InChI is InChI=1S/C15H27N3/c1-10-6-11(2)8-14(7-10)17-12(3)15-9-16-18(5)13(15)4/h9-12,14,17H,6-8H2,1-5H3. The normalized spacial score (nSPS) is 30.4. The highest BCUT2D eigenvalue weighted by molar-refractivity contribution is 5.19. The summed E-state index contributed by atoms with van der Waals surface area (Å²) < 4.78 is 1.96. The van der Waals surface area contributed by atoms with Gasteiger partial charge in [-0.1, -0.05) is 13.8 Å². The van der Waals surface area contributed by atoms with Crippen molar-refractivity contribution in [2.24, 2.45) is 18.9 Å². The molecule has 1 aliphatic rings. The van der Waals surface area contributed by atoms with Gasteiger partial charge >= 0.3 is 0 Å². The number of rotatable bonds is 3. The number of aromatic nitrogens is 2. The molecule has 0 radical (unpaired) electrons. The number of hydrogen-bond acceptors (Lipinski definition) is 2. The van der Waals surface area contributed by atoms with Crippen molar-refractivity contribution in [3.8, 4) is 0 Å². The van der Waals surface area contributed by atoms with Crippen molar-refractivity contribution in [3.63, 3.8) is 0 Å². The molecule has 2 rings (SSSR count). The third-order valence-corrected chi connectivity index (χ3v) is 4.40. The Morgan fingerprint density at radius 1 is 1.28 bits per heavy atom. The average molecular weight is 249 g/mol. The van der Waals surface area contributed by atoms with E-state index in [9.17, 15) is 0 Å². The van der Waals surface area contributed by atoms with Gasteiger partial charge in [0, 0.05) is 30.4 Å². The molecule has 0 amide bonds. The number of nitrogens with one attached hydrogen (secondary N) is 1. The van der Waals surface area contributed by atoms with Crippen LogP contribution in [-0.4, -0.2) is 15.8 Å². The van der Waals surface area contributed by atoms with E-state index in [1.54, 1.807) is 0 Å². The molecule has 1 aromatic heterocycles. The van der Waals surface area contributed by atoms with Crippen molar-refractivity contribution in [3.05, 3.63) is 17.5 Å². The van der Waals surface area contributed by atoms with Crippen LogP contribution in [0.5, 0.6) is 0 Å². The van der Waals surface area contributed by atoms with Gasteiger partial charge in [0.15, 0.2) is 0 Å². The highest BCUT2D eigenvalue weighted by atomic mass is 15.3. The van der Waals surface area contributed by atoms with Crippen molar-refractivity contribution in [1.82, 2.24) is 15.1 Å². The van der Waals surface area contributed by atoms with Crippen LogP contribution in [-0.2, 0) is 7.05 Å². The topological polar surface area (TPSA) is 29.9 Å². The van der Waals surface area contributed by atoms with Crippen molar-refractivity contribution in [2.45, 2.75) is 59.0 Å². The summed E-state index contributed by atoms with van der Waals surface area (Å²) in [6.45, 7) is 9.16. The average Bonchev–Trinajstić information content (AvgIpc) is 2.58. The van der Waals surface area contributed by atoms with E-state index in [4.69, 9.17) is 0 Å². The highest BCUT2D eigenvalue weighted by Crippen LogP contribution is 2.30. The molecule has 1 fully saturated rings. The zero-order valence-electron chi connectivity index (χ0n) is 12.4. The van der Waals surface area contributed by atoms with Crippen LogP contribution < -0.4 is 5.32 Å². The van der Waals surface area contributed by atoms with Gasteiger partial charge in [0.2, 0.25) is 0 Å². The largest absolute Gasteiger partial charge is 0.307 e. The first-order valence-corrected chi connectivity index (χ1v) is 7.22. The Balaban J connectivity index is 1.98. The van der Waals surface area contributed by atoms with Gasteiger partial charge in [-0.3, -0.25) is 4.68 Å². The minimum Gasteiger partial charge on any atom is -0.307 e. The maximum Gasteiger partial charge on any atom is 0.0540 e. The van der Waals surface area contributed by atoms with Gasteiger partial charge < -0.3 is 5.32 Å². The Morgan fingerprint density at radius 2 is 1.89 bits per heavy atom. The van der Waals surface area contributed by atoms with E-state index in [1.165, 1.54) is 30.5 Å². The molecule has 0 aromatic carbocycles. The fourth-order valence-corrected chi connectivity index (χ4v) is 3.47. The van der Waals surface area contributed by atoms with Crippen LogP contribution in [0, 0.1) is 18.8 Å². The molecular formula is C15H27N3. The second-order valence-corrected chi connectivity index (χ2v) is 6.31. The Labute approximate surface area is 111 Å². The zero-order valence-corrected chi connectivity index (χ0v) is 12.4. The molecule has 3 nitrogen and oxygen atoms in total. The summed E-state index contributed by atoms with van der Waals surface area (Å²) in [6.07, 6.45) is 6.02. The molecule has 3 atom stereocenters. The molecule has 18 heavy (non-hydrogen) atoms. The molecule has 1 N–H and O–H groups in total. The lowest BCUT2D eigenvalue weighted by Crippen LogP contribution is -2.37. The van der Waals surface area contributed by atoms with Crippen molar-refractivity contribution in [1.29, 1.82) is 0 Å². The van der Waals surface area contributed by atoms with Crippen LogP contribution in [0.1, 0.15) is 57.3 Å². The maximum atomic E-state index is 4.34. The van der Waals surface area contributed by atoms with Crippen LogP contribution in [0.3, 0.4) is 0 Å². The predicted molar refractivity (Wildman–Crippen MR) is 75.5 cm³/mol. The molecule has 1 saturated carbocycles. The lowest BCUT2D eigenvalue weighted by atomic mass is 9.80. The Kier molecular flexibility index (Phi) is 4.10. The fourth-order valence-electron chi connectivity index (χ4n) is 3.47. The minimum atomic E-state index is 0.404. The minimum absolute atomic E-state index is 0.404. The van der Waals surface area contributed by atoms with E-state index >= 15 is 0 Å². The first-order chi connectivity index (χ1) is 8.47. The van der Waals surface area contributed by atoms with Crippen LogP contribution in [0.25, 0.3) is 0 Å². The second-order valence-electron chi connectivity index (χ2n) is 6.31. The molecule has 1 heterocycles. The molecule has 0 saturated heterocycles. The summed E-state index contributed by atoms with van der Waals surface area (Å²) in [7, 11) is 2.01. The molecule has 3 heteroatoms. The Bertz CT molecular complexity index is 386. The van der Waals surface area contributed by atoms with E-state index in [1.807, 2.05) is 17.9 Å². The molecule has 102 valence electrons. The maximum absolute atomic E-state index is 4.34. The first-order valence-electron chi connectivity index (χ1n) is 7.22. The molecule has 0 spiro atoms. The summed E-state index contributed by atoms with van der Waals surface area (Å²) in [5, 5.41) is 8.13. The monoisotopic (exact) mass is 249 g/mol. The van der Waals surface area contributed by atoms with Crippen LogP contribution in [0.4, 0.5) is 0 Å². The zero-order chi connectivity index (χ0) is 13.3. The van der Waals surface area contributed by atoms with Gasteiger partial charge in [-0.05, 0) is 44.9 Å². The number of nitrogens with zero attached hydrogens (tertiary/aromatic N) is 2. The van der Waals surface area contributed by atoms with Crippen molar-refractivity contribution in [2.75, 3.05) is 0 Å². The van der Waals surface area contributed by atoms with Crippen LogP contribution in [0.15, 0.2) is 6.20 Å². The lowest BCUT2D eigenvalue weighted by molar-refractivity contribution is 0.228. The van der Waals surface area contributed by atoms with Crippen molar-refractivity contribution >= 4 is 0 Å². The first kappa shape index (κ1) is 13.6. The van der Waals surface area contributed by atoms with E-state index in [-0.39, 0.29) is 0 Å². The van der Waals surface area contributed by atoms with E-state index < -0.39 is 0 Å². The van der Waals surface area contributed by atoms with Gasteiger partial charge in [-0.25, -0.2) is 0 Å². The molecule has 0 bridgehead atoms. The third-order valence-electron chi connectivity index (χ3n) is 4.40. The van der Waals surface area contributed by atoms with E-state index in [0.29, 0.717) is 12.1 Å². The number of hydrogen-bond donors (Lipinski definition) is 1. The SMILES string of the molecule is Cc1c(C(C)NC2CC(C)CC(C)C2)cnn1C. The summed E-state index contributed by atoms with van der Waals surface area (Å²) in [5.41, 5.74) is 2.61. The molecular weight excluding hydrogens is 222 g/mol. The molecule has 1 aliphatic carbocycles. The summed E-state index contributed by atoms with van der Waals surface area (Å²) in [5.74, 6) is 1.71. The molecule has 3 unspecified atom stereocenters. The Hall–Kier alpha value is -0.830. The molecule has 0 aliphatic heterocycles. The Morgan fingerprint density at radius 3 is 2.39 bits per heavy atom. The van der Waals surface area contributed by atoms with E-state index in [0.717, 1.165) is 11.8 Å². The highest BCUT2D eigenvalue weighted by Gasteiger charge is 2.25. The fraction of sp³-hybridized carbons (Fsp3) is 0.800. The summed E-state index contributed by atoms with van der Waals surface area (Å²) in [6, 6.07) is 1.07. The second kappa shape index (κ2) is 5.43. The van der Waals surface area contributed by atoms with Crippen molar-refractivity contribution < 1.29 is 0 Å². The predicted octanol–water partition coefficient (Wildman–Crippen LogP) is 3.20. The molecule has 1 aromatic rings. The van der Waals surface area contributed by atoms with Gasteiger partial charge in [0.1, 0.15) is 0 Å². The smallest absolute Gasteiger partial charge is 0.0540 e. The van der Waals surface area contributed by atoms with Crippen LogP contribution >= 0.6 is 0 Å². The van der Waals surface area contributed by atoms with Gasteiger partial charge in [0.05, 0.1) is 6.20 Å². The summed E-state index contributed by atoms with van der Waals surface area (Å²) in [4.78, 5) is 0. The van der Waals surface area contributed by atoms with Crippen LogP contribution in [0.2, 0.25) is 0 Å². The number of aryl methyl sites for hydroxylation is 1. The summed E-state index contributed by atoms with van der Waals surface area (Å²) >= 11 is 0. The van der Waals surface area contributed by atoms with Gasteiger partial charge in [-0.15, -0.1) is 0 Å².